The van der Waals surface area contributed by atoms with Gasteiger partial charge in [0.1, 0.15) is 5.82 Å². The maximum atomic E-state index is 13.2. The van der Waals surface area contributed by atoms with Crippen molar-refractivity contribution >= 4 is 23.3 Å². The van der Waals surface area contributed by atoms with Crippen molar-refractivity contribution in [3.63, 3.8) is 0 Å². The second-order valence-electron chi connectivity index (χ2n) is 4.67. The van der Waals surface area contributed by atoms with E-state index in [0.29, 0.717) is 18.8 Å². The number of hydrogen-bond donors (Lipinski definition) is 2. The molecule has 1 aliphatic heterocycles. The summed E-state index contributed by atoms with van der Waals surface area (Å²) >= 11 is 5.58. The zero-order valence-electron chi connectivity index (χ0n) is 10.4. The highest BCUT2D eigenvalue weighted by atomic mass is 35.5. The van der Waals surface area contributed by atoms with Crippen molar-refractivity contribution in [2.24, 2.45) is 5.92 Å². The standard InChI is InChI=1S/C13H16ClFN2O2/c14-11-2-1-10(7-12(11)15)16-13(19)17-5-3-9(8-18)4-6-17/h1-2,7,9,18H,3-6,8H2,(H,16,19). The molecule has 0 aromatic heterocycles. The lowest BCUT2D eigenvalue weighted by Crippen LogP contribution is -2.41. The molecule has 4 nitrogen and oxygen atoms in total. The molecular weight excluding hydrogens is 271 g/mol. The van der Waals surface area contributed by atoms with Crippen LogP contribution in [0.5, 0.6) is 0 Å². The summed E-state index contributed by atoms with van der Waals surface area (Å²) in [5.41, 5.74) is 0.385. The molecule has 0 bridgehead atoms. The van der Waals surface area contributed by atoms with Crippen LogP contribution in [0.1, 0.15) is 12.8 Å². The van der Waals surface area contributed by atoms with Gasteiger partial charge in [0.05, 0.1) is 5.02 Å². The molecule has 1 fully saturated rings. The third kappa shape index (κ3) is 3.58. The number of likely N-dealkylation sites (tertiary alicyclic amines) is 1. The summed E-state index contributed by atoms with van der Waals surface area (Å²) in [5, 5.41) is 11.7. The van der Waals surface area contributed by atoms with Gasteiger partial charge in [-0.15, -0.1) is 0 Å². The van der Waals surface area contributed by atoms with E-state index in [4.69, 9.17) is 16.7 Å². The van der Waals surface area contributed by atoms with Gasteiger partial charge in [0, 0.05) is 25.4 Å². The molecule has 0 unspecified atom stereocenters. The Balaban J connectivity index is 1.92. The number of piperidine rings is 1. The van der Waals surface area contributed by atoms with Gasteiger partial charge >= 0.3 is 6.03 Å². The molecule has 2 N–H and O–H groups in total. The normalized spacial score (nSPS) is 16.5. The first-order chi connectivity index (χ1) is 9.10. The number of rotatable bonds is 2. The second kappa shape index (κ2) is 6.21. The van der Waals surface area contributed by atoms with Crippen LogP contribution in [0.2, 0.25) is 5.02 Å². The van der Waals surface area contributed by atoms with Gasteiger partial charge in [0.2, 0.25) is 0 Å². The first-order valence-electron chi connectivity index (χ1n) is 6.22. The average molecular weight is 287 g/mol. The third-order valence-electron chi connectivity index (χ3n) is 3.33. The van der Waals surface area contributed by atoms with Crippen molar-refractivity contribution in [3.8, 4) is 0 Å². The Morgan fingerprint density at radius 2 is 2.16 bits per heavy atom. The van der Waals surface area contributed by atoms with Crippen LogP contribution in [-0.2, 0) is 0 Å². The van der Waals surface area contributed by atoms with Gasteiger partial charge < -0.3 is 15.3 Å². The van der Waals surface area contributed by atoms with Gasteiger partial charge in [-0.3, -0.25) is 0 Å². The number of nitrogens with one attached hydrogen (secondary N) is 1. The number of amides is 2. The Kier molecular flexibility index (Phi) is 4.61. The van der Waals surface area contributed by atoms with E-state index in [1.165, 1.54) is 12.1 Å². The molecular formula is C13H16ClFN2O2. The highest BCUT2D eigenvalue weighted by molar-refractivity contribution is 6.30. The second-order valence-corrected chi connectivity index (χ2v) is 5.08. The van der Waals surface area contributed by atoms with E-state index in [9.17, 15) is 9.18 Å². The van der Waals surface area contributed by atoms with E-state index < -0.39 is 5.82 Å². The summed E-state index contributed by atoms with van der Waals surface area (Å²) in [7, 11) is 0. The van der Waals surface area contributed by atoms with Gasteiger partial charge in [0.25, 0.3) is 0 Å². The van der Waals surface area contributed by atoms with E-state index in [0.717, 1.165) is 12.8 Å². The fraction of sp³-hybridized carbons (Fsp3) is 0.462. The van der Waals surface area contributed by atoms with Crippen LogP contribution in [0.15, 0.2) is 18.2 Å². The van der Waals surface area contributed by atoms with Crippen molar-refractivity contribution in [1.82, 2.24) is 4.90 Å². The Morgan fingerprint density at radius 3 is 2.74 bits per heavy atom. The lowest BCUT2D eigenvalue weighted by Gasteiger charge is -2.31. The van der Waals surface area contributed by atoms with E-state index in [1.54, 1.807) is 11.0 Å². The molecule has 0 saturated carbocycles. The molecule has 0 atom stereocenters. The molecule has 1 heterocycles. The van der Waals surface area contributed by atoms with Gasteiger partial charge in [0.15, 0.2) is 0 Å². The number of urea groups is 1. The van der Waals surface area contributed by atoms with E-state index in [-0.39, 0.29) is 23.6 Å². The number of anilines is 1. The molecule has 1 saturated heterocycles. The van der Waals surface area contributed by atoms with E-state index in [1.807, 2.05) is 0 Å². The minimum atomic E-state index is -0.557. The predicted octanol–water partition coefficient (Wildman–Crippen LogP) is 2.72. The van der Waals surface area contributed by atoms with Crippen molar-refractivity contribution in [1.29, 1.82) is 0 Å². The van der Waals surface area contributed by atoms with Crippen LogP contribution in [0, 0.1) is 11.7 Å². The summed E-state index contributed by atoms with van der Waals surface area (Å²) in [4.78, 5) is 13.6. The zero-order valence-corrected chi connectivity index (χ0v) is 11.2. The summed E-state index contributed by atoms with van der Waals surface area (Å²) in [5.74, 6) is -0.282. The van der Waals surface area contributed by atoms with Crippen molar-refractivity contribution in [2.45, 2.75) is 12.8 Å². The topological polar surface area (TPSA) is 52.6 Å². The fourth-order valence-corrected chi connectivity index (χ4v) is 2.21. The number of benzene rings is 1. The molecule has 1 aromatic rings. The molecule has 19 heavy (non-hydrogen) atoms. The molecule has 1 aromatic carbocycles. The molecule has 2 rings (SSSR count). The SMILES string of the molecule is O=C(Nc1ccc(Cl)c(F)c1)N1CCC(CO)CC1. The van der Waals surface area contributed by atoms with E-state index in [2.05, 4.69) is 5.32 Å². The number of carbonyl (C=O) groups excluding carboxylic acids is 1. The quantitative estimate of drug-likeness (QED) is 0.878. The summed E-state index contributed by atoms with van der Waals surface area (Å²) in [6.45, 7) is 1.37. The lowest BCUT2D eigenvalue weighted by atomic mass is 9.98. The minimum Gasteiger partial charge on any atom is -0.396 e. The highest BCUT2D eigenvalue weighted by Crippen LogP contribution is 2.20. The molecule has 1 aliphatic rings. The average Bonchev–Trinajstić information content (AvgIpc) is 2.43. The monoisotopic (exact) mass is 286 g/mol. The summed E-state index contributed by atoms with van der Waals surface area (Å²) in [6, 6.07) is 3.91. The number of carbonyl (C=O) groups is 1. The van der Waals surface area contributed by atoms with Gasteiger partial charge in [-0.25, -0.2) is 9.18 Å². The number of halogens is 2. The van der Waals surface area contributed by atoms with Crippen LogP contribution in [0.4, 0.5) is 14.9 Å². The fourth-order valence-electron chi connectivity index (χ4n) is 2.10. The Morgan fingerprint density at radius 1 is 1.47 bits per heavy atom. The van der Waals surface area contributed by atoms with Gasteiger partial charge in [-0.2, -0.15) is 0 Å². The lowest BCUT2D eigenvalue weighted by molar-refractivity contribution is 0.143. The van der Waals surface area contributed by atoms with Crippen LogP contribution in [-0.4, -0.2) is 35.7 Å². The number of hydrogen-bond acceptors (Lipinski definition) is 2. The zero-order chi connectivity index (χ0) is 13.8. The van der Waals surface area contributed by atoms with Crippen molar-refractivity contribution in [2.75, 3.05) is 25.0 Å². The van der Waals surface area contributed by atoms with Gasteiger partial charge in [-0.05, 0) is 37.0 Å². The van der Waals surface area contributed by atoms with Crippen molar-refractivity contribution < 1.29 is 14.3 Å². The first kappa shape index (κ1) is 14.1. The molecule has 104 valence electrons. The Labute approximate surface area is 116 Å². The maximum Gasteiger partial charge on any atom is 0.321 e. The number of aliphatic hydroxyl groups excluding tert-OH is 1. The molecule has 0 radical (unpaired) electrons. The molecule has 0 aliphatic carbocycles. The number of aliphatic hydroxyl groups is 1. The predicted molar refractivity (Wildman–Crippen MR) is 71.8 cm³/mol. The highest BCUT2D eigenvalue weighted by Gasteiger charge is 2.22. The van der Waals surface area contributed by atoms with Crippen molar-refractivity contribution in [3.05, 3.63) is 29.0 Å². The smallest absolute Gasteiger partial charge is 0.321 e. The number of nitrogens with zero attached hydrogens (tertiary/aromatic N) is 1. The molecule has 6 heteroatoms. The Bertz CT molecular complexity index is 462. The summed E-state index contributed by atoms with van der Waals surface area (Å²) in [6.07, 6.45) is 1.58. The minimum absolute atomic E-state index is 0.0294. The first-order valence-corrected chi connectivity index (χ1v) is 6.60. The summed E-state index contributed by atoms with van der Waals surface area (Å²) < 4.78 is 13.2. The van der Waals surface area contributed by atoms with Crippen LogP contribution >= 0.6 is 11.6 Å². The molecule has 0 spiro atoms. The van der Waals surface area contributed by atoms with E-state index >= 15 is 0 Å². The molecule has 2 amide bonds. The third-order valence-corrected chi connectivity index (χ3v) is 3.64. The Hall–Kier alpha value is -1.33. The van der Waals surface area contributed by atoms with Gasteiger partial charge in [-0.1, -0.05) is 11.6 Å². The largest absolute Gasteiger partial charge is 0.396 e. The maximum absolute atomic E-state index is 13.2. The van der Waals surface area contributed by atoms with Crippen LogP contribution in [0.25, 0.3) is 0 Å². The van der Waals surface area contributed by atoms with Crippen LogP contribution < -0.4 is 5.32 Å². The van der Waals surface area contributed by atoms with Crippen LogP contribution in [0.3, 0.4) is 0 Å².